The number of nitro benzene ring substituents is 1. The lowest BCUT2D eigenvalue weighted by molar-refractivity contribution is -0.385. The maximum atomic E-state index is 13.7. The van der Waals surface area contributed by atoms with Crippen LogP contribution in [-0.4, -0.2) is 23.3 Å². The van der Waals surface area contributed by atoms with Gasteiger partial charge in [0, 0.05) is 17.8 Å². The Morgan fingerprint density at radius 3 is 2.79 bits per heavy atom. The predicted octanol–water partition coefficient (Wildman–Crippen LogP) is 2.66. The number of rotatable bonds is 3. The molecule has 1 aromatic carbocycles. The fraction of sp³-hybridized carbons (Fsp3) is 0.250. The first-order valence-electron chi connectivity index (χ1n) is 5.12. The smallest absolute Gasteiger partial charge is 0.344 e. The summed E-state index contributed by atoms with van der Waals surface area (Å²) in [5.41, 5.74) is -1.09. The van der Waals surface area contributed by atoms with Crippen molar-refractivity contribution in [3.8, 4) is 11.8 Å². The van der Waals surface area contributed by atoms with Crippen LogP contribution in [0.25, 0.3) is 0 Å². The summed E-state index contributed by atoms with van der Waals surface area (Å²) in [4.78, 5) is 21.4. The highest BCUT2D eigenvalue weighted by molar-refractivity contribution is 9.09. The molecule has 1 rings (SSSR count). The van der Waals surface area contributed by atoms with E-state index in [-0.39, 0.29) is 5.56 Å². The first-order chi connectivity index (χ1) is 9.01. The first kappa shape index (κ1) is 15.1. The van der Waals surface area contributed by atoms with E-state index >= 15 is 0 Å². The van der Waals surface area contributed by atoms with Gasteiger partial charge in [0.15, 0.2) is 0 Å². The number of carbonyl (C=O) groups excluding carboxylic acids is 1. The Labute approximate surface area is 117 Å². The molecule has 7 heteroatoms. The van der Waals surface area contributed by atoms with Crippen LogP contribution in [0.4, 0.5) is 10.1 Å². The van der Waals surface area contributed by atoms with Crippen molar-refractivity contribution in [1.29, 1.82) is 0 Å². The maximum Gasteiger partial charge on any atom is 0.344 e. The van der Waals surface area contributed by atoms with E-state index < -0.39 is 28.0 Å². The third-order valence-corrected chi connectivity index (χ3v) is 2.53. The summed E-state index contributed by atoms with van der Waals surface area (Å²) in [7, 11) is 1.06. The number of halogens is 2. The molecule has 0 aliphatic rings. The number of ether oxygens (including phenoxy) is 1. The van der Waals surface area contributed by atoms with Gasteiger partial charge >= 0.3 is 5.97 Å². The average molecular weight is 330 g/mol. The van der Waals surface area contributed by atoms with Crippen molar-refractivity contribution in [3.63, 3.8) is 0 Å². The lowest BCUT2D eigenvalue weighted by Gasteiger charge is -2.02. The first-order valence-corrected chi connectivity index (χ1v) is 6.24. The maximum absolute atomic E-state index is 13.7. The highest BCUT2D eigenvalue weighted by atomic mass is 79.9. The van der Waals surface area contributed by atoms with Crippen LogP contribution < -0.4 is 0 Å². The quantitative estimate of drug-likeness (QED) is 0.281. The SMILES string of the molecule is COC(=O)c1cc(F)c(C#CCCBr)cc1[N+](=O)[O-]. The van der Waals surface area contributed by atoms with Gasteiger partial charge in [-0.25, -0.2) is 9.18 Å². The summed E-state index contributed by atoms with van der Waals surface area (Å²) in [6.07, 6.45) is 0.478. The van der Waals surface area contributed by atoms with Gasteiger partial charge in [0.05, 0.1) is 17.6 Å². The lowest BCUT2D eigenvalue weighted by Crippen LogP contribution is -2.07. The minimum atomic E-state index is -0.967. The molecule has 0 saturated carbocycles. The van der Waals surface area contributed by atoms with Crippen molar-refractivity contribution in [3.05, 3.63) is 39.2 Å². The lowest BCUT2D eigenvalue weighted by atomic mass is 10.1. The van der Waals surface area contributed by atoms with Gasteiger partial charge in [-0.15, -0.1) is 0 Å². The normalized spacial score (nSPS) is 9.42. The second-order valence-electron chi connectivity index (χ2n) is 3.34. The summed E-state index contributed by atoms with van der Waals surface area (Å²) < 4.78 is 18.0. The number of nitrogens with zero attached hydrogens (tertiary/aromatic N) is 1. The Bertz CT molecular complexity index is 577. The second kappa shape index (κ2) is 6.85. The molecular formula is C12H9BrFNO4. The van der Waals surface area contributed by atoms with Gasteiger partial charge in [-0.05, 0) is 6.07 Å². The van der Waals surface area contributed by atoms with E-state index in [2.05, 4.69) is 32.5 Å². The van der Waals surface area contributed by atoms with Crippen molar-refractivity contribution in [2.45, 2.75) is 6.42 Å². The molecule has 0 spiro atoms. The van der Waals surface area contributed by atoms with Crippen LogP contribution in [0.3, 0.4) is 0 Å². The minimum absolute atomic E-state index is 0.125. The molecule has 19 heavy (non-hydrogen) atoms. The highest BCUT2D eigenvalue weighted by Gasteiger charge is 2.23. The Kier molecular flexibility index (Phi) is 5.45. The number of hydrogen-bond acceptors (Lipinski definition) is 4. The molecule has 0 radical (unpaired) electrons. The molecule has 0 aliphatic carbocycles. The number of carbonyl (C=O) groups is 1. The average Bonchev–Trinajstić information content (AvgIpc) is 2.39. The molecule has 0 heterocycles. The molecule has 5 nitrogen and oxygen atoms in total. The van der Waals surface area contributed by atoms with Crippen molar-refractivity contribution < 1.29 is 18.8 Å². The summed E-state index contributed by atoms with van der Waals surface area (Å²) >= 11 is 3.15. The fourth-order valence-electron chi connectivity index (χ4n) is 1.29. The van der Waals surface area contributed by atoms with Crippen LogP contribution in [0.1, 0.15) is 22.3 Å². The predicted molar refractivity (Wildman–Crippen MR) is 69.7 cm³/mol. The van der Waals surface area contributed by atoms with Crippen molar-refractivity contribution >= 4 is 27.6 Å². The van der Waals surface area contributed by atoms with Crippen LogP contribution in [0, 0.1) is 27.8 Å². The van der Waals surface area contributed by atoms with E-state index in [0.717, 1.165) is 19.2 Å². The monoisotopic (exact) mass is 329 g/mol. The summed E-state index contributed by atoms with van der Waals surface area (Å²) in [6.45, 7) is 0. The summed E-state index contributed by atoms with van der Waals surface area (Å²) in [5.74, 6) is 3.36. The van der Waals surface area contributed by atoms with Crippen LogP contribution in [-0.2, 0) is 4.74 Å². The Hall–Kier alpha value is -1.94. The zero-order chi connectivity index (χ0) is 14.4. The van der Waals surface area contributed by atoms with E-state index in [1.165, 1.54) is 0 Å². The fourth-order valence-corrected chi connectivity index (χ4v) is 1.49. The molecule has 0 fully saturated rings. The molecule has 0 bridgehead atoms. The molecule has 0 aromatic heterocycles. The van der Waals surface area contributed by atoms with Crippen LogP contribution in [0.15, 0.2) is 12.1 Å². The molecule has 0 aliphatic heterocycles. The largest absolute Gasteiger partial charge is 0.465 e. The topological polar surface area (TPSA) is 69.4 Å². The van der Waals surface area contributed by atoms with E-state index in [4.69, 9.17) is 0 Å². The van der Waals surface area contributed by atoms with E-state index in [9.17, 15) is 19.3 Å². The molecule has 0 atom stereocenters. The number of alkyl halides is 1. The Morgan fingerprint density at radius 2 is 2.26 bits per heavy atom. The van der Waals surface area contributed by atoms with Crippen molar-refractivity contribution in [1.82, 2.24) is 0 Å². The highest BCUT2D eigenvalue weighted by Crippen LogP contribution is 2.23. The van der Waals surface area contributed by atoms with Crippen LogP contribution in [0.5, 0.6) is 0 Å². The molecule has 0 amide bonds. The number of methoxy groups -OCH3 is 1. The standard InChI is InChI=1S/C12H9BrFNO4/c1-19-12(16)9-7-10(14)8(4-2-3-5-13)6-11(9)15(17)18/h6-7H,3,5H2,1H3. The van der Waals surface area contributed by atoms with Crippen LogP contribution >= 0.6 is 15.9 Å². The summed E-state index contributed by atoms with van der Waals surface area (Å²) in [5, 5.41) is 11.5. The second-order valence-corrected chi connectivity index (χ2v) is 4.13. The molecule has 1 aromatic rings. The summed E-state index contributed by atoms with van der Waals surface area (Å²) in [6, 6.07) is 1.70. The number of nitro groups is 1. The van der Waals surface area contributed by atoms with Crippen LogP contribution in [0.2, 0.25) is 0 Å². The Balaban J connectivity index is 3.34. The molecule has 0 saturated heterocycles. The third-order valence-electron chi connectivity index (χ3n) is 2.13. The Morgan fingerprint density at radius 1 is 1.58 bits per heavy atom. The number of hydrogen-bond donors (Lipinski definition) is 0. The molecule has 100 valence electrons. The zero-order valence-electron chi connectivity index (χ0n) is 9.91. The van der Waals surface area contributed by atoms with Gasteiger partial charge in [-0.3, -0.25) is 10.1 Å². The van der Waals surface area contributed by atoms with Gasteiger partial charge in [-0.1, -0.05) is 27.8 Å². The van der Waals surface area contributed by atoms with Gasteiger partial charge in [-0.2, -0.15) is 0 Å². The van der Waals surface area contributed by atoms with Gasteiger partial charge in [0.2, 0.25) is 0 Å². The molecule has 0 N–H and O–H groups in total. The number of esters is 1. The van der Waals surface area contributed by atoms with Gasteiger partial charge in [0.1, 0.15) is 11.4 Å². The van der Waals surface area contributed by atoms with Crippen molar-refractivity contribution in [2.24, 2.45) is 0 Å². The van der Waals surface area contributed by atoms with Gasteiger partial charge < -0.3 is 4.74 Å². The molecule has 0 unspecified atom stereocenters. The van der Waals surface area contributed by atoms with E-state index in [1.54, 1.807) is 0 Å². The van der Waals surface area contributed by atoms with Gasteiger partial charge in [0.25, 0.3) is 5.69 Å². The zero-order valence-corrected chi connectivity index (χ0v) is 11.5. The number of benzene rings is 1. The van der Waals surface area contributed by atoms with E-state index in [1.807, 2.05) is 0 Å². The molecular weight excluding hydrogens is 321 g/mol. The van der Waals surface area contributed by atoms with E-state index in [0.29, 0.717) is 11.8 Å². The minimum Gasteiger partial charge on any atom is -0.465 e. The van der Waals surface area contributed by atoms with Crippen molar-refractivity contribution in [2.75, 3.05) is 12.4 Å². The third kappa shape index (κ3) is 3.76.